The first-order valence-electron chi connectivity index (χ1n) is 8.02. The minimum absolute atomic E-state index is 0.311. The highest BCUT2D eigenvalue weighted by Crippen LogP contribution is 2.34. The lowest BCUT2D eigenvalue weighted by Crippen LogP contribution is -2.20. The van der Waals surface area contributed by atoms with Crippen molar-refractivity contribution in [2.45, 2.75) is 0 Å². The topological polar surface area (TPSA) is 88.9 Å². The molecule has 126 valence electrons. The van der Waals surface area contributed by atoms with Crippen LogP contribution in [0.25, 0.3) is 44.5 Å². The van der Waals surface area contributed by atoms with E-state index in [0.29, 0.717) is 22.8 Å². The number of nitrogens with zero attached hydrogens (tertiary/aromatic N) is 1. The molecule has 0 aliphatic rings. The van der Waals surface area contributed by atoms with E-state index in [4.69, 9.17) is 23.5 Å². The fourth-order valence-corrected chi connectivity index (χ4v) is 3.08. The van der Waals surface area contributed by atoms with Crippen LogP contribution in [-0.4, -0.2) is 22.4 Å². The molecule has 6 nitrogen and oxygen atoms in total. The standard InChI is InChI=1S/C19H12BNO5/c22-20(23)26-12-6-8-14-13-7-5-11(9-17(13)24-18(14)10-12)19-21-15-3-1-2-4-16(15)25-19/h1-10,22-23H. The summed E-state index contributed by atoms with van der Waals surface area (Å²) in [6.07, 6.45) is 0. The average molecular weight is 345 g/mol. The quantitative estimate of drug-likeness (QED) is 0.484. The molecule has 26 heavy (non-hydrogen) atoms. The molecule has 5 aromatic rings. The summed E-state index contributed by atoms with van der Waals surface area (Å²) in [7, 11) is -1.87. The smallest absolute Gasteiger partial charge is 0.512 e. The normalized spacial score (nSPS) is 11.5. The highest BCUT2D eigenvalue weighted by molar-refractivity contribution is 6.33. The van der Waals surface area contributed by atoms with Crippen molar-refractivity contribution < 1.29 is 23.5 Å². The van der Waals surface area contributed by atoms with Crippen LogP contribution in [-0.2, 0) is 0 Å². The molecule has 7 heteroatoms. The minimum Gasteiger partial charge on any atom is -0.512 e. The van der Waals surface area contributed by atoms with E-state index in [2.05, 4.69) is 4.98 Å². The minimum atomic E-state index is -1.87. The van der Waals surface area contributed by atoms with Crippen molar-refractivity contribution in [3.8, 4) is 17.2 Å². The van der Waals surface area contributed by atoms with Gasteiger partial charge in [0, 0.05) is 22.4 Å². The van der Waals surface area contributed by atoms with Crippen molar-refractivity contribution in [1.29, 1.82) is 0 Å². The number of hydrogen-bond acceptors (Lipinski definition) is 6. The Hall–Kier alpha value is -3.29. The molecule has 2 aromatic heterocycles. The molecule has 0 radical (unpaired) electrons. The van der Waals surface area contributed by atoms with Crippen molar-refractivity contribution in [2.24, 2.45) is 0 Å². The third-order valence-corrected chi connectivity index (χ3v) is 4.23. The fraction of sp³-hybridized carbons (Fsp3) is 0. The second-order valence-electron chi connectivity index (χ2n) is 5.90. The molecule has 2 heterocycles. The number of aromatic nitrogens is 1. The number of oxazole rings is 1. The van der Waals surface area contributed by atoms with Crippen LogP contribution in [0, 0.1) is 0 Å². The molecular weight excluding hydrogens is 333 g/mol. The average Bonchev–Trinajstić information content (AvgIpc) is 3.21. The van der Waals surface area contributed by atoms with Crippen molar-refractivity contribution >= 4 is 40.4 Å². The first kappa shape index (κ1) is 15.0. The lowest BCUT2D eigenvalue weighted by atomic mass is 10.1. The molecule has 0 aliphatic heterocycles. The number of hydrogen-bond donors (Lipinski definition) is 2. The molecule has 0 unspecified atom stereocenters. The van der Waals surface area contributed by atoms with Gasteiger partial charge >= 0.3 is 7.32 Å². The zero-order valence-corrected chi connectivity index (χ0v) is 13.4. The molecule has 0 saturated heterocycles. The highest BCUT2D eigenvalue weighted by Gasteiger charge is 2.15. The van der Waals surface area contributed by atoms with Crippen LogP contribution in [0.4, 0.5) is 0 Å². The van der Waals surface area contributed by atoms with Gasteiger partial charge in [-0.15, -0.1) is 0 Å². The van der Waals surface area contributed by atoms with E-state index < -0.39 is 7.32 Å². The van der Waals surface area contributed by atoms with E-state index in [-0.39, 0.29) is 0 Å². The van der Waals surface area contributed by atoms with E-state index in [1.165, 1.54) is 0 Å². The van der Waals surface area contributed by atoms with Crippen molar-refractivity contribution in [3.05, 3.63) is 60.7 Å². The van der Waals surface area contributed by atoms with Gasteiger partial charge in [0.2, 0.25) is 5.89 Å². The van der Waals surface area contributed by atoms with Gasteiger partial charge in [0.1, 0.15) is 22.4 Å². The van der Waals surface area contributed by atoms with Crippen molar-refractivity contribution in [2.75, 3.05) is 0 Å². The van der Waals surface area contributed by atoms with E-state index >= 15 is 0 Å². The van der Waals surface area contributed by atoms with E-state index in [0.717, 1.165) is 27.4 Å². The van der Waals surface area contributed by atoms with Crippen LogP contribution in [0.1, 0.15) is 0 Å². The zero-order chi connectivity index (χ0) is 17.7. The number of fused-ring (bicyclic) bond motifs is 4. The molecule has 0 atom stereocenters. The third kappa shape index (κ3) is 2.42. The Kier molecular flexibility index (Phi) is 3.24. The number of furan rings is 1. The fourth-order valence-electron chi connectivity index (χ4n) is 3.08. The summed E-state index contributed by atoms with van der Waals surface area (Å²) in [6, 6.07) is 18.5. The summed E-state index contributed by atoms with van der Waals surface area (Å²) in [4.78, 5) is 4.51. The van der Waals surface area contributed by atoms with E-state index in [1.807, 2.05) is 48.5 Å². The maximum atomic E-state index is 8.93. The summed E-state index contributed by atoms with van der Waals surface area (Å²) >= 11 is 0. The van der Waals surface area contributed by atoms with Crippen molar-refractivity contribution in [1.82, 2.24) is 4.98 Å². The van der Waals surface area contributed by atoms with Gasteiger partial charge in [0.15, 0.2) is 5.58 Å². The molecule has 3 aromatic carbocycles. The highest BCUT2D eigenvalue weighted by atomic mass is 16.6. The summed E-state index contributed by atoms with van der Waals surface area (Å²) in [6.45, 7) is 0. The Morgan fingerprint density at radius 3 is 2.38 bits per heavy atom. The molecule has 5 rings (SSSR count). The summed E-state index contributed by atoms with van der Waals surface area (Å²) in [5.41, 5.74) is 3.62. The van der Waals surface area contributed by atoms with Gasteiger partial charge in [0.25, 0.3) is 0 Å². The third-order valence-electron chi connectivity index (χ3n) is 4.23. The van der Waals surface area contributed by atoms with Crippen LogP contribution in [0.15, 0.2) is 69.5 Å². The summed E-state index contributed by atoms with van der Waals surface area (Å²) in [5, 5.41) is 19.7. The lowest BCUT2D eigenvalue weighted by Gasteiger charge is -2.03. The van der Waals surface area contributed by atoms with Gasteiger partial charge < -0.3 is 23.5 Å². The van der Waals surface area contributed by atoms with Gasteiger partial charge in [-0.3, -0.25) is 0 Å². The number of benzene rings is 3. The first-order valence-corrected chi connectivity index (χ1v) is 8.02. The maximum Gasteiger partial charge on any atom is 0.707 e. The number of rotatable bonds is 3. The molecule has 0 aliphatic carbocycles. The monoisotopic (exact) mass is 345 g/mol. The van der Waals surface area contributed by atoms with Gasteiger partial charge in [-0.1, -0.05) is 12.1 Å². The van der Waals surface area contributed by atoms with Gasteiger partial charge in [-0.2, -0.15) is 0 Å². The largest absolute Gasteiger partial charge is 0.707 e. The van der Waals surface area contributed by atoms with E-state index in [1.54, 1.807) is 12.1 Å². The molecule has 2 N–H and O–H groups in total. The molecule has 0 amide bonds. The second kappa shape index (κ2) is 5.62. The van der Waals surface area contributed by atoms with E-state index in [9.17, 15) is 0 Å². The number of para-hydroxylation sites is 2. The molecular formula is C19H12BNO5. The van der Waals surface area contributed by atoms with Crippen LogP contribution < -0.4 is 4.65 Å². The van der Waals surface area contributed by atoms with Crippen LogP contribution in [0.5, 0.6) is 5.75 Å². The Balaban J connectivity index is 1.63. The summed E-state index contributed by atoms with van der Waals surface area (Å²) < 4.78 is 16.6. The second-order valence-corrected chi connectivity index (χ2v) is 5.90. The Morgan fingerprint density at radius 1 is 0.808 bits per heavy atom. The SMILES string of the molecule is OB(O)Oc1ccc2c(c1)oc1cc(-c3nc4ccccc4o3)ccc12. The van der Waals surface area contributed by atoms with Gasteiger partial charge in [-0.25, -0.2) is 4.98 Å². The zero-order valence-electron chi connectivity index (χ0n) is 13.4. The van der Waals surface area contributed by atoms with Gasteiger partial charge in [0.05, 0.1) is 0 Å². The van der Waals surface area contributed by atoms with Crippen LogP contribution >= 0.6 is 0 Å². The summed E-state index contributed by atoms with van der Waals surface area (Å²) in [5.74, 6) is 0.840. The van der Waals surface area contributed by atoms with Crippen molar-refractivity contribution in [3.63, 3.8) is 0 Å². The predicted molar refractivity (Wildman–Crippen MR) is 97.5 cm³/mol. The Labute approximate surface area is 147 Å². The maximum absolute atomic E-state index is 8.93. The van der Waals surface area contributed by atoms with Crippen LogP contribution in [0.3, 0.4) is 0 Å². The van der Waals surface area contributed by atoms with Crippen LogP contribution in [0.2, 0.25) is 0 Å². The molecule has 0 fully saturated rings. The molecule has 0 bridgehead atoms. The van der Waals surface area contributed by atoms with Gasteiger partial charge in [-0.05, 0) is 42.5 Å². The first-order chi connectivity index (χ1) is 12.7. The Bertz CT molecular complexity index is 1220. The lowest BCUT2D eigenvalue weighted by molar-refractivity contribution is 0.288. The predicted octanol–water partition coefficient (Wildman–Crippen LogP) is 3.74. The molecule has 0 saturated carbocycles. The Morgan fingerprint density at radius 2 is 1.58 bits per heavy atom. The molecule has 0 spiro atoms.